The minimum Gasteiger partial charge on any atom is -0.481 e. The molecular weight excluding hydrogens is 378 g/mol. The molecule has 2 aromatic carbocycles. The van der Waals surface area contributed by atoms with Crippen molar-refractivity contribution in [1.82, 2.24) is 9.36 Å². The minimum atomic E-state index is -0.787. The van der Waals surface area contributed by atoms with Crippen LogP contribution in [0.5, 0.6) is 5.75 Å². The van der Waals surface area contributed by atoms with E-state index in [0.717, 1.165) is 11.3 Å². The monoisotopic (exact) mass is 399 g/mol. The number of halogens is 1. The van der Waals surface area contributed by atoms with Gasteiger partial charge in [-0.25, -0.2) is 4.68 Å². The summed E-state index contributed by atoms with van der Waals surface area (Å²) in [5, 5.41) is 3.34. The molecule has 0 saturated heterocycles. The van der Waals surface area contributed by atoms with Gasteiger partial charge in [-0.05, 0) is 56.7 Å². The number of aromatic nitrogens is 2. The van der Waals surface area contributed by atoms with Crippen LogP contribution in [-0.4, -0.2) is 21.4 Å². The second kappa shape index (κ2) is 7.94. The molecule has 3 aromatic rings. The van der Waals surface area contributed by atoms with Gasteiger partial charge in [0.25, 0.3) is 11.5 Å². The molecule has 0 aliphatic carbocycles. The van der Waals surface area contributed by atoms with E-state index in [9.17, 15) is 9.59 Å². The Morgan fingerprint density at radius 2 is 1.82 bits per heavy atom. The summed E-state index contributed by atoms with van der Waals surface area (Å²) < 4.78 is 8.92. The number of benzene rings is 2. The molecule has 1 atom stereocenters. The van der Waals surface area contributed by atoms with Crippen LogP contribution in [0.2, 0.25) is 5.02 Å². The third-order valence-electron chi connectivity index (χ3n) is 4.61. The second-order valence-corrected chi connectivity index (χ2v) is 7.00. The molecule has 0 spiro atoms. The molecule has 0 unspecified atom stereocenters. The smallest absolute Gasteiger partial charge is 0.295 e. The SMILES string of the molecule is Cc1cc(O[C@@H](C)C(=O)Nc2c(C)n(C)n(-c3ccccc3)c2=O)ccc1Cl. The first-order valence-corrected chi connectivity index (χ1v) is 9.25. The molecule has 0 aliphatic heterocycles. The Bertz CT molecular complexity index is 1070. The Balaban J connectivity index is 1.82. The van der Waals surface area contributed by atoms with Crippen LogP contribution in [0.4, 0.5) is 5.69 Å². The van der Waals surface area contributed by atoms with Crippen LogP contribution in [0.15, 0.2) is 53.3 Å². The Hall–Kier alpha value is -2.99. The van der Waals surface area contributed by atoms with Crippen molar-refractivity contribution in [3.8, 4) is 11.4 Å². The fraction of sp³-hybridized carbons (Fsp3) is 0.238. The highest BCUT2D eigenvalue weighted by Crippen LogP contribution is 2.22. The van der Waals surface area contributed by atoms with Crippen LogP contribution >= 0.6 is 11.6 Å². The first-order valence-electron chi connectivity index (χ1n) is 8.87. The highest BCUT2D eigenvalue weighted by molar-refractivity contribution is 6.31. The molecule has 28 heavy (non-hydrogen) atoms. The summed E-state index contributed by atoms with van der Waals surface area (Å²) in [4.78, 5) is 25.5. The van der Waals surface area contributed by atoms with Gasteiger partial charge in [-0.3, -0.25) is 14.3 Å². The average Bonchev–Trinajstić information content (AvgIpc) is 2.88. The number of ether oxygens (including phenoxy) is 1. The maximum atomic E-state index is 12.9. The van der Waals surface area contributed by atoms with Gasteiger partial charge in [-0.1, -0.05) is 29.8 Å². The van der Waals surface area contributed by atoms with E-state index >= 15 is 0 Å². The minimum absolute atomic E-state index is 0.235. The Kier molecular flexibility index (Phi) is 5.61. The van der Waals surface area contributed by atoms with Gasteiger partial charge in [0, 0.05) is 12.1 Å². The number of carbonyl (C=O) groups is 1. The van der Waals surface area contributed by atoms with Gasteiger partial charge in [0.05, 0.1) is 11.4 Å². The predicted molar refractivity (Wildman–Crippen MR) is 111 cm³/mol. The van der Waals surface area contributed by atoms with Crippen molar-refractivity contribution in [2.24, 2.45) is 7.05 Å². The predicted octanol–water partition coefficient (Wildman–Crippen LogP) is 3.85. The van der Waals surface area contributed by atoms with E-state index in [0.29, 0.717) is 16.5 Å². The summed E-state index contributed by atoms with van der Waals surface area (Å²) in [7, 11) is 1.77. The van der Waals surface area contributed by atoms with Gasteiger partial charge >= 0.3 is 0 Å². The third kappa shape index (κ3) is 3.82. The summed E-state index contributed by atoms with van der Waals surface area (Å²) in [6.07, 6.45) is -0.787. The number of amides is 1. The van der Waals surface area contributed by atoms with Gasteiger partial charge in [0.1, 0.15) is 11.4 Å². The Labute approximate surface area is 168 Å². The lowest BCUT2D eigenvalue weighted by Crippen LogP contribution is -2.32. The molecule has 1 heterocycles. The lowest BCUT2D eigenvalue weighted by atomic mass is 10.2. The molecule has 0 fully saturated rings. The molecule has 0 aliphatic rings. The lowest BCUT2D eigenvalue weighted by molar-refractivity contribution is -0.122. The Morgan fingerprint density at radius 3 is 2.46 bits per heavy atom. The first-order chi connectivity index (χ1) is 13.3. The quantitative estimate of drug-likeness (QED) is 0.708. The number of hydrogen-bond acceptors (Lipinski definition) is 3. The van der Waals surface area contributed by atoms with E-state index < -0.39 is 12.0 Å². The standard InChI is InChI=1S/C21H22ClN3O3/c1-13-12-17(10-11-18(13)22)28-15(3)20(26)23-19-14(2)24(4)25(21(19)27)16-8-6-5-7-9-16/h5-12,15H,1-4H3,(H,23,26)/t15-/m0/s1. The van der Waals surface area contributed by atoms with Crippen LogP contribution in [0, 0.1) is 13.8 Å². The molecule has 1 amide bonds. The van der Waals surface area contributed by atoms with Gasteiger partial charge in [-0.2, -0.15) is 0 Å². The van der Waals surface area contributed by atoms with Gasteiger partial charge in [0.15, 0.2) is 6.10 Å². The number of anilines is 1. The number of nitrogens with zero attached hydrogens (tertiary/aromatic N) is 2. The number of nitrogens with one attached hydrogen (secondary N) is 1. The van der Waals surface area contributed by atoms with Crippen molar-refractivity contribution in [2.75, 3.05) is 5.32 Å². The van der Waals surface area contributed by atoms with E-state index in [1.54, 1.807) is 43.8 Å². The second-order valence-electron chi connectivity index (χ2n) is 6.60. The number of aryl methyl sites for hydroxylation is 1. The van der Waals surface area contributed by atoms with Crippen LogP contribution in [0.25, 0.3) is 5.69 Å². The van der Waals surface area contributed by atoms with Crippen molar-refractivity contribution in [3.63, 3.8) is 0 Å². The largest absolute Gasteiger partial charge is 0.481 e. The summed E-state index contributed by atoms with van der Waals surface area (Å²) in [5.74, 6) is 0.134. The summed E-state index contributed by atoms with van der Waals surface area (Å²) in [5.41, 5.74) is 2.17. The lowest BCUT2D eigenvalue weighted by Gasteiger charge is -2.15. The number of hydrogen-bond donors (Lipinski definition) is 1. The first kappa shape index (κ1) is 19.8. The zero-order valence-electron chi connectivity index (χ0n) is 16.2. The van der Waals surface area contributed by atoms with Gasteiger partial charge in [0.2, 0.25) is 0 Å². The molecule has 146 valence electrons. The average molecular weight is 400 g/mol. The molecule has 1 aromatic heterocycles. The van der Waals surface area contributed by atoms with Crippen molar-refractivity contribution >= 4 is 23.2 Å². The van der Waals surface area contributed by atoms with Gasteiger partial charge < -0.3 is 10.1 Å². The van der Waals surface area contributed by atoms with Crippen LogP contribution in [0.1, 0.15) is 18.2 Å². The number of rotatable bonds is 5. The topological polar surface area (TPSA) is 65.3 Å². The molecule has 0 bridgehead atoms. The molecule has 6 nitrogen and oxygen atoms in total. The van der Waals surface area contributed by atoms with Crippen molar-refractivity contribution in [2.45, 2.75) is 26.9 Å². The Morgan fingerprint density at radius 1 is 1.14 bits per heavy atom. The van der Waals surface area contributed by atoms with E-state index in [2.05, 4.69) is 5.32 Å². The molecule has 7 heteroatoms. The zero-order chi connectivity index (χ0) is 20.4. The third-order valence-corrected chi connectivity index (χ3v) is 5.04. The summed E-state index contributed by atoms with van der Waals surface area (Å²) >= 11 is 6.02. The maximum absolute atomic E-state index is 12.9. The van der Waals surface area contributed by atoms with Crippen LogP contribution in [-0.2, 0) is 11.8 Å². The van der Waals surface area contributed by atoms with E-state index in [-0.39, 0.29) is 11.2 Å². The molecule has 1 N–H and O–H groups in total. The van der Waals surface area contributed by atoms with Gasteiger partial charge in [-0.15, -0.1) is 0 Å². The summed E-state index contributed by atoms with van der Waals surface area (Å²) in [6.45, 7) is 5.27. The zero-order valence-corrected chi connectivity index (χ0v) is 16.9. The maximum Gasteiger partial charge on any atom is 0.295 e. The van der Waals surface area contributed by atoms with Crippen molar-refractivity contribution < 1.29 is 9.53 Å². The highest BCUT2D eigenvalue weighted by atomic mass is 35.5. The van der Waals surface area contributed by atoms with Crippen LogP contribution < -0.4 is 15.6 Å². The summed E-state index contributed by atoms with van der Waals surface area (Å²) in [6, 6.07) is 14.4. The fourth-order valence-corrected chi connectivity index (χ4v) is 3.00. The fourth-order valence-electron chi connectivity index (χ4n) is 2.89. The van der Waals surface area contributed by atoms with E-state index in [1.165, 1.54) is 4.68 Å². The molecule has 0 saturated carbocycles. The number of carbonyl (C=O) groups excluding carboxylic acids is 1. The normalized spacial score (nSPS) is 11.9. The highest BCUT2D eigenvalue weighted by Gasteiger charge is 2.22. The van der Waals surface area contributed by atoms with Crippen LogP contribution in [0.3, 0.4) is 0 Å². The van der Waals surface area contributed by atoms with Crippen molar-refractivity contribution in [1.29, 1.82) is 0 Å². The van der Waals surface area contributed by atoms with Crippen molar-refractivity contribution in [3.05, 3.63) is 75.2 Å². The van der Waals surface area contributed by atoms with E-state index in [4.69, 9.17) is 16.3 Å². The number of para-hydroxylation sites is 1. The molecule has 0 radical (unpaired) electrons. The molecular formula is C21H22ClN3O3. The van der Waals surface area contributed by atoms with E-state index in [1.807, 2.05) is 37.3 Å². The molecule has 3 rings (SSSR count).